The first-order chi connectivity index (χ1) is 10.3. The highest BCUT2D eigenvalue weighted by molar-refractivity contribution is 7.86. The quantitative estimate of drug-likeness (QED) is 0.531. The normalized spacial score (nSPS) is 11.2. The number of rotatable bonds is 4. The molecule has 0 spiro atoms. The summed E-state index contributed by atoms with van der Waals surface area (Å²) in [6.07, 6.45) is 0.0304. The minimum atomic E-state index is -4.58. The van der Waals surface area contributed by atoms with Gasteiger partial charge in [0.25, 0.3) is 10.1 Å². The monoisotopic (exact) mass is 324 g/mol. The van der Waals surface area contributed by atoms with Gasteiger partial charge in [-0.05, 0) is 23.8 Å². The Morgan fingerprint density at radius 2 is 1.82 bits per heavy atom. The summed E-state index contributed by atoms with van der Waals surface area (Å²) in [6, 6.07) is 9.26. The van der Waals surface area contributed by atoms with Crippen LogP contribution in [0.4, 0.5) is 4.39 Å². The molecule has 2 rings (SSSR count). The third-order valence-corrected chi connectivity index (χ3v) is 3.79. The molecule has 0 aliphatic carbocycles. The van der Waals surface area contributed by atoms with Crippen LogP contribution < -0.4 is 4.74 Å². The van der Waals surface area contributed by atoms with Crippen LogP contribution in [0.15, 0.2) is 47.4 Å². The Bertz CT molecular complexity index is 797. The molecule has 0 amide bonds. The zero-order chi connectivity index (χ0) is 16.3. The van der Waals surface area contributed by atoms with Gasteiger partial charge in [-0.15, -0.1) is 0 Å². The van der Waals surface area contributed by atoms with E-state index in [4.69, 9.17) is 4.74 Å². The first-order valence-corrected chi connectivity index (χ1v) is 7.84. The molecule has 22 heavy (non-hydrogen) atoms. The molecule has 0 aliphatic heterocycles. The second-order valence-electron chi connectivity index (χ2n) is 4.44. The number of halogens is 1. The lowest BCUT2D eigenvalue weighted by Gasteiger charge is -2.13. The third kappa shape index (κ3) is 3.49. The van der Waals surface area contributed by atoms with Crippen LogP contribution in [0, 0.1) is 5.82 Å². The molecule has 0 atom stereocenters. The fourth-order valence-electron chi connectivity index (χ4n) is 1.87. The second-order valence-corrected chi connectivity index (χ2v) is 5.83. The molecule has 0 bridgehead atoms. The Morgan fingerprint density at radius 3 is 2.36 bits per heavy atom. The third-order valence-electron chi connectivity index (χ3n) is 2.92. The van der Waals surface area contributed by atoms with Crippen molar-refractivity contribution in [1.82, 2.24) is 0 Å². The minimum absolute atomic E-state index is 0.0304. The maximum Gasteiger partial charge on any atom is 0.310 e. The van der Waals surface area contributed by atoms with Gasteiger partial charge in [-0.25, -0.2) is 4.39 Å². The van der Waals surface area contributed by atoms with Crippen LogP contribution in [-0.4, -0.2) is 18.9 Å². The number of hydrogen-bond donors (Lipinski definition) is 1. The highest BCUT2D eigenvalue weighted by Gasteiger charge is 2.22. The molecular weight excluding hydrogens is 311 g/mol. The van der Waals surface area contributed by atoms with E-state index in [1.165, 1.54) is 36.4 Å². The Morgan fingerprint density at radius 1 is 1.18 bits per heavy atom. The first kappa shape index (κ1) is 16.1. The molecule has 2 aromatic rings. The van der Waals surface area contributed by atoms with Gasteiger partial charge in [0.2, 0.25) is 0 Å². The molecule has 0 unspecified atom stereocenters. The van der Waals surface area contributed by atoms with Crippen LogP contribution in [-0.2, 0) is 14.9 Å². The van der Waals surface area contributed by atoms with E-state index in [0.29, 0.717) is 5.56 Å². The van der Waals surface area contributed by atoms with Crippen LogP contribution in [0.25, 0.3) is 11.1 Å². The molecule has 0 saturated carbocycles. The number of para-hydroxylation sites is 1. The molecular formula is C15H13FO5S. The van der Waals surface area contributed by atoms with Crippen molar-refractivity contribution in [2.24, 2.45) is 0 Å². The molecule has 0 aromatic heterocycles. The largest absolute Gasteiger partial charge is 0.424 e. The van der Waals surface area contributed by atoms with E-state index in [-0.39, 0.29) is 17.7 Å². The fraction of sp³-hybridized carbons (Fsp3) is 0.133. The molecule has 2 aromatic carbocycles. The lowest BCUT2D eigenvalue weighted by Crippen LogP contribution is -2.11. The lowest BCUT2D eigenvalue weighted by atomic mass is 10.0. The van der Waals surface area contributed by atoms with Crippen molar-refractivity contribution >= 4 is 16.1 Å². The molecule has 116 valence electrons. The van der Waals surface area contributed by atoms with Gasteiger partial charge >= 0.3 is 5.97 Å². The van der Waals surface area contributed by atoms with Crippen LogP contribution in [0.2, 0.25) is 0 Å². The van der Waals surface area contributed by atoms with Crippen molar-refractivity contribution in [2.45, 2.75) is 18.2 Å². The highest BCUT2D eigenvalue weighted by atomic mass is 32.2. The number of ether oxygens (including phenoxy) is 1. The fourth-order valence-corrected chi connectivity index (χ4v) is 2.50. The van der Waals surface area contributed by atoms with E-state index in [1.807, 2.05) is 0 Å². The molecule has 0 radical (unpaired) electrons. The number of esters is 1. The summed E-state index contributed by atoms with van der Waals surface area (Å²) in [5.74, 6) is -1.38. The minimum Gasteiger partial charge on any atom is -0.424 e. The van der Waals surface area contributed by atoms with E-state index < -0.39 is 26.8 Å². The Kier molecular flexibility index (Phi) is 4.58. The van der Waals surface area contributed by atoms with Gasteiger partial charge in [-0.1, -0.05) is 31.2 Å². The van der Waals surface area contributed by atoms with Gasteiger partial charge < -0.3 is 4.74 Å². The van der Waals surface area contributed by atoms with Crippen molar-refractivity contribution in [3.8, 4) is 16.9 Å². The maximum atomic E-state index is 13.0. The van der Waals surface area contributed by atoms with Crippen molar-refractivity contribution in [3.05, 3.63) is 48.3 Å². The predicted molar refractivity (Wildman–Crippen MR) is 77.6 cm³/mol. The average molecular weight is 324 g/mol. The molecule has 0 aliphatic rings. The van der Waals surface area contributed by atoms with E-state index in [0.717, 1.165) is 6.07 Å². The number of carbonyl (C=O) groups excluding carboxylic acids is 1. The van der Waals surface area contributed by atoms with E-state index >= 15 is 0 Å². The van der Waals surface area contributed by atoms with Crippen LogP contribution in [0.3, 0.4) is 0 Å². The first-order valence-electron chi connectivity index (χ1n) is 6.40. The standard InChI is InChI=1S/C15H13FO5S/c1-2-14(17)21-15-12(10-6-8-11(16)9-7-10)4-3-5-13(15)22(18,19)20/h3-9H,2H2,1H3,(H,18,19,20). The molecule has 0 saturated heterocycles. The molecule has 0 heterocycles. The van der Waals surface area contributed by atoms with Crippen molar-refractivity contribution in [1.29, 1.82) is 0 Å². The van der Waals surface area contributed by atoms with E-state index in [9.17, 15) is 22.2 Å². The number of hydrogen-bond acceptors (Lipinski definition) is 4. The molecule has 7 heteroatoms. The summed E-state index contributed by atoms with van der Waals surface area (Å²) >= 11 is 0. The zero-order valence-electron chi connectivity index (χ0n) is 11.6. The highest BCUT2D eigenvalue weighted by Crippen LogP contribution is 2.36. The SMILES string of the molecule is CCC(=O)Oc1c(-c2ccc(F)cc2)cccc1S(=O)(=O)O. The molecule has 1 N–H and O–H groups in total. The summed E-state index contributed by atoms with van der Waals surface area (Å²) in [7, 11) is -4.58. The lowest BCUT2D eigenvalue weighted by molar-refractivity contribution is -0.134. The maximum absolute atomic E-state index is 13.0. The number of carbonyl (C=O) groups is 1. The predicted octanol–water partition coefficient (Wildman–Crippen LogP) is 3.05. The van der Waals surface area contributed by atoms with Gasteiger partial charge in [0.15, 0.2) is 5.75 Å². The zero-order valence-corrected chi connectivity index (χ0v) is 12.4. The van der Waals surface area contributed by atoms with Crippen LogP contribution in [0.1, 0.15) is 13.3 Å². The van der Waals surface area contributed by atoms with E-state index in [1.54, 1.807) is 6.92 Å². The number of benzene rings is 2. The van der Waals surface area contributed by atoms with Gasteiger partial charge in [0.1, 0.15) is 10.7 Å². The van der Waals surface area contributed by atoms with Crippen LogP contribution >= 0.6 is 0 Å². The summed E-state index contributed by atoms with van der Waals surface area (Å²) in [6.45, 7) is 1.55. The second kappa shape index (κ2) is 6.25. The van der Waals surface area contributed by atoms with Crippen molar-refractivity contribution in [3.63, 3.8) is 0 Å². The Hall–Kier alpha value is -2.25. The summed E-state index contributed by atoms with van der Waals surface area (Å²) in [5.41, 5.74) is 0.711. The van der Waals surface area contributed by atoms with Gasteiger partial charge in [0.05, 0.1) is 0 Å². The van der Waals surface area contributed by atoms with E-state index in [2.05, 4.69) is 0 Å². The smallest absolute Gasteiger partial charge is 0.310 e. The average Bonchev–Trinajstić information content (AvgIpc) is 2.47. The summed E-state index contributed by atoms with van der Waals surface area (Å²) in [4.78, 5) is 11.0. The molecule has 0 fully saturated rings. The van der Waals surface area contributed by atoms with Crippen molar-refractivity contribution < 1.29 is 26.9 Å². The van der Waals surface area contributed by atoms with Gasteiger partial charge in [0, 0.05) is 12.0 Å². The summed E-state index contributed by atoms with van der Waals surface area (Å²) in [5, 5.41) is 0. The van der Waals surface area contributed by atoms with Gasteiger partial charge in [-0.3, -0.25) is 9.35 Å². The Balaban J connectivity index is 2.67. The van der Waals surface area contributed by atoms with Crippen molar-refractivity contribution in [2.75, 3.05) is 0 Å². The summed E-state index contributed by atoms with van der Waals surface area (Å²) < 4.78 is 50.3. The van der Waals surface area contributed by atoms with Gasteiger partial charge in [-0.2, -0.15) is 8.42 Å². The topological polar surface area (TPSA) is 80.7 Å². The Labute approximate surface area is 127 Å². The molecule has 5 nitrogen and oxygen atoms in total. The van der Waals surface area contributed by atoms with Crippen LogP contribution in [0.5, 0.6) is 5.75 Å².